The molecule has 0 aliphatic heterocycles. The van der Waals surface area contributed by atoms with E-state index in [1.54, 1.807) is 27.9 Å². The van der Waals surface area contributed by atoms with E-state index in [4.69, 9.17) is 4.74 Å². The average molecular weight is 259 g/mol. The molecule has 0 aliphatic carbocycles. The molecule has 0 radical (unpaired) electrons. The molecule has 3 heterocycles. The Hall–Kier alpha value is -2.21. The van der Waals surface area contributed by atoms with Gasteiger partial charge in [0.15, 0.2) is 11.5 Å². The Bertz CT molecular complexity index is 703. The summed E-state index contributed by atoms with van der Waals surface area (Å²) in [5, 5.41) is 10.2. The number of esters is 1. The quantitative estimate of drug-likeness (QED) is 0.662. The zero-order chi connectivity index (χ0) is 12.5. The topological polar surface area (TPSA) is 56.5 Å². The molecule has 0 spiro atoms. The predicted molar refractivity (Wildman–Crippen MR) is 67.6 cm³/mol. The maximum absolute atomic E-state index is 11.6. The molecule has 0 amide bonds. The number of carbonyl (C=O) groups is 1. The summed E-state index contributed by atoms with van der Waals surface area (Å²) in [6, 6.07) is 7.37. The van der Waals surface area contributed by atoms with Gasteiger partial charge in [-0.15, -0.1) is 21.5 Å². The first-order valence-corrected chi connectivity index (χ1v) is 6.15. The van der Waals surface area contributed by atoms with Crippen LogP contribution in [0.2, 0.25) is 0 Å². The van der Waals surface area contributed by atoms with E-state index in [1.165, 1.54) is 7.11 Å². The minimum absolute atomic E-state index is 0.411. The van der Waals surface area contributed by atoms with Crippen molar-refractivity contribution in [2.45, 2.75) is 0 Å². The molecule has 3 rings (SSSR count). The smallest absolute Gasteiger partial charge is 0.341 e. The second-order valence-corrected chi connectivity index (χ2v) is 4.56. The first kappa shape index (κ1) is 10.9. The third-order valence-corrected chi connectivity index (χ3v) is 3.45. The maximum atomic E-state index is 11.6. The molecule has 0 aliphatic rings. The van der Waals surface area contributed by atoms with Crippen molar-refractivity contribution >= 4 is 23.0 Å². The highest BCUT2D eigenvalue weighted by Crippen LogP contribution is 2.24. The van der Waals surface area contributed by atoms with E-state index in [0.717, 1.165) is 10.7 Å². The lowest BCUT2D eigenvalue weighted by atomic mass is 10.2. The van der Waals surface area contributed by atoms with Gasteiger partial charge in [0.05, 0.1) is 12.0 Å². The lowest BCUT2D eigenvalue weighted by Crippen LogP contribution is -2.04. The summed E-state index contributed by atoms with van der Waals surface area (Å²) in [5.74, 6) is 0.316. The summed E-state index contributed by atoms with van der Waals surface area (Å²) < 4.78 is 6.52. The Morgan fingerprint density at radius 2 is 2.22 bits per heavy atom. The van der Waals surface area contributed by atoms with Gasteiger partial charge in [-0.25, -0.2) is 4.79 Å². The summed E-state index contributed by atoms with van der Waals surface area (Å²) in [6.45, 7) is 0. The number of hydrogen-bond acceptors (Lipinski definition) is 5. The van der Waals surface area contributed by atoms with Gasteiger partial charge >= 0.3 is 5.97 Å². The normalized spacial score (nSPS) is 10.7. The molecule has 0 N–H and O–H groups in total. The fourth-order valence-corrected chi connectivity index (χ4v) is 2.46. The molecular weight excluding hydrogens is 250 g/mol. The van der Waals surface area contributed by atoms with Crippen molar-refractivity contribution < 1.29 is 9.53 Å². The predicted octanol–water partition coefficient (Wildman–Crippen LogP) is 2.24. The van der Waals surface area contributed by atoms with Crippen molar-refractivity contribution in [1.82, 2.24) is 14.6 Å². The number of fused-ring (bicyclic) bond motifs is 1. The molecule has 0 aromatic carbocycles. The van der Waals surface area contributed by atoms with Gasteiger partial charge in [0.2, 0.25) is 0 Å². The zero-order valence-corrected chi connectivity index (χ0v) is 10.3. The number of hydrogen-bond donors (Lipinski definition) is 0. The Morgan fingerprint density at radius 3 is 2.94 bits per heavy atom. The molecule has 3 aromatic heterocycles. The van der Waals surface area contributed by atoms with Gasteiger partial charge < -0.3 is 4.74 Å². The maximum Gasteiger partial charge on any atom is 0.341 e. The van der Waals surface area contributed by atoms with Gasteiger partial charge in [-0.1, -0.05) is 6.07 Å². The molecule has 5 nitrogen and oxygen atoms in total. The zero-order valence-electron chi connectivity index (χ0n) is 9.53. The van der Waals surface area contributed by atoms with Gasteiger partial charge in [0.1, 0.15) is 5.56 Å². The summed E-state index contributed by atoms with van der Waals surface area (Å²) in [6.07, 6.45) is 1.83. The molecule has 0 unspecified atom stereocenters. The summed E-state index contributed by atoms with van der Waals surface area (Å²) in [4.78, 5) is 12.6. The van der Waals surface area contributed by atoms with Crippen LogP contribution in [0.3, 0.4) is 0 Å². The third-order valence-electron chi connectivity index (χ3n) is 2.58. The molecule has 18 heavy (non-hydrogen) atoms. The Morgan fingerprint density at radius 1 is 1.33 bits per heavy atom. The van der Waals surface area contributed by atoms with Crippen LogP contribution in [-0.4, -0.2) is 27.7 Å². The molecule has 3 aromatic rings. The number of ether oxygens (including phenoxy) is 1. The van der Waals surface area contributed by atoms with Crippen LogP contribution in [0.5, 0.6) is 0 Å². The van der Waals surface area contributed by atoms with Crippen LogP contribution in [0.15, 0.2) is 35.8 Å². The van der Waals surface area contributed by atoms with Crippen LogP contribution >= 0.6 is 11.3 Å². The van der Waals surface area contributed by atoms with Crippen LogP contribution in [0, 0.1) is 0 Å². The van der Waals surface area contributed by atoms with Gasteiger partial charge in [0, 0.05) is 6.20 Å². The summed E-state index contributed by atoms with van der Waals surface area (Å²) in [7, 11) is 1.35. The number of aromatic nitrogens is 3. The average Bonchev–Trinajstić information content (AvgIpc) is 3.05. The van der Waals surface area contributed by atoms with E-state index in [-0.39, 0.29) is 0 Å². The second-order valence-electron chi connectivity index (χ2n) is 3.61. The van der Waals surface area contributed by atoms with E-state index in [2.05, 4.69) is 10.2 Å². The Labute approximate surface area is 107 Å². The largest absolute Gasteiger partial charge is 0.465 e. The van der Waals surface area contributed by atoms with Crippen molar-refractivity contribution in [1.29, 1.82) is 0 Å². The molecule has 0 saturated carbocycles. The van der Waals surface area contributed by atoms with Gasteiger partial charge in [0.25, 0.3) is 0 Å². The van der Waals surface area contributed by atoms with E-state index >= 15 is 0 Å². The molecule has 90 valence electrons. The molecule has 0 bridgehead atoms. The number of thiophene rings is 1. The lowest BCUT2D eigenvalue weighted by molar-refractivity contribution is 0.0602. The molecule has 0 atom stereocenters. The van der Waals surface area contributed by atoms with Gasteiger partial charge in [-0.2, -0.15) is 0 Å². The van der Waals surface area contributed by atoms with E-state index in [9.17, 15) is 4.79 Å². The molecule has 0 saturated heterocycles. The van der Waals surface area contributed by atoms with Crippen molar-refractivity contribution in [2.75, 3.05) is 7.11 Å². The summed E-state index contributed by atoms with van der Waals surface area (Å²) >= 11 is 1.58. The number of pyridine rings is 1. The highest BCUT2D eigenvalue weighted by molar-refractivity contribution is 7.13. The third kappa shape index (κ3) is 1.58. The van der Waals surface area contributed by atoms with Crippen molar-refractivity contribution in [3.63, 3.8) is 0 Å². The highest BCUT2D eigenvalue weighted by atomic mass is 32.1. The second kappa shape index (κ2) is 4.23. The number of nitrogens with zero attached hydrogens (tertiary/aromatic N) is 3. The van der Waals surface area contributed by atoms with Gasteiger partial charge in [-0.05, 0) is 23.6 Å². The van der Waals surface area contributed by atoms with Crippen LogP contribution in [-0.2, 0) is 4.74 Å². The summed E-state index contributed by atoms with van der Waals surface area (Å²) in [5.41, 5.74) is 0.919. The Kier molecular flexibility index (Phi) is 2.56. The SMILES string of the molecule is COC(=O)c1cccn2c(-c3cccs3)nnc12. The minimum Gasteiger partial charge on any atom is -0.465 e. The van der Waals surface area contributed by atoms with Crippen molar-refractivity contribution in [2.24, 2.45) is 0 Å². The monoisotopic (exact) mass is 259 g/mol. The number of carbonyl (C=O) groups excluding carboxylic acids is 1. The number of rotatable bonds is 2. The molecular formula is C12H9N3O2S. The molecule has 6 heteroatoms. The van der Waals surface area contributed by atoms with Crippen molar-refractivity contribution in [3.8, 4) is 10.7 Å². The number of methoxy groups -OCH3 is 1. The standard InChI is InChI=1S/C12H9N3O2S/c1-17-12(16)8-4-2-6-15-10(8)13-14-11(15)9-5-3-7-18-9/h2-7H,1H3. The van der Waals surface area contributed by atoms with E-state index in [0.29, 0.717) is 11.2 Å². The van der Waals surface area contributed by atoms with Crippen LogP contribution in [0.25, 0.3) is 16.3 Å². The first-order valence-electron chi connectivity index (χ1n) is 5.27. The molecule has 0 fully saturated rings. The van der Waals surface area contributed by atoms with Gasteiger partial charge in [-0.3, -0.25) is 4.40 Å². The van der Waals surface area contributed by atoms with Crippen LogP contribution in [0.4, 0.5) is 0 Å². The fraction of sp³-hybridized carbons (Fsp3) is 0.0833. The van der Waals surface area contributed by atoms with E-state index < -0.39 is 5.97 Å². The fourth-order valence-electron chi connectivity index (χ4n) is 1.76. The van der Waals surface area contributed by atoms with E-state index in [1.807, 2.05) is 23.7 Å². The first-order chi connectivity index (χ1) is 8.81. The van der Waals surface area contributed by atoms with Crippen LogP contribution < -0.4 is 0 Å². The Balaban J connectivity index is 2.24. The minimum atomic E-state index is -0.411. The lowest BCUT2D eigenvalue weighted by Gasteiger charge is -2.01. The highest BCUT2D eigenvalue weighted by Gasteiger charge is 2.16. The van der Waals surface area contributed by atoms with Crippen LogP contribution in [0.1, 0.15) is 10.4 Å². The van der Waals surface area contributed by atoms with Crippen molar-refractivity contribution in [3.05, 3.63) is 41.4 Å².